The summed E-state index contributed by atoms with van der Waals surface area (Å²) < 4.78 is 26.7. The van der Waals surface area contributed by atoms with Crippen molar-refractivity contribution in [2.75, 3.05) is 13.1 Å². The molecule has 2 aromatic carbocycles. The van der Waals surface area contributed by atoms with Gasteiger partial charge in [-0.05, 0) is 54.2 Å². The number of aliphatic hydroxyl groups is 1. The summed E-state index contributed by atoms with van der Waals surface area (Å²) >= 11 is 0. The molecule has 0 fully saturated rings. The summed E-state index contributed by atoms with van der Waals surface area (Å²) in [5.74, 6) is -0.853. The fourth-order valence-corrected chi connectivity index (χ4v) is 3.16. The molecule has 1 unspecified atom stereocenters. The summed E-state index contributed by atoms with van der Waals surface area (Å²) in [7, 11) is 0. The Bertz CT molecular complexity index is 675. The van der Waals surface area contributed by atoms with Gasteiger partial charge in [-0.2, -0.15) is 0 Å². The van der Waals surface area contributed by atoms with E-state index in [-0.39, 0.29) is 0 Å². The van der Waals surface area contributed by atoms with Crippen LogP contribution in [0.2, 0.25) is 0 Å². The minimum absolute atomic E-state index is 0.327. The molecule has 0 aliphatic carbocycles. The number of aliphatic hydroxyl groups excluding tert-OH is 1. The van der Waals surface area contributed by atoms with Crippen LogP contribution in [-0.2, 0) is 19.4 Å². The zero-order valence-electron chi connectivity index (χ0n) is 17.0. The predicted molar refractivity (Wildman–Crippen MR) is 109 cm³/mol. The molecule has 150 valence electrons. The molecule has 0 amide bonds. The van der Waals surface area contributed by atoms with Gasteiger partial charge < -0.3 is 5.11 Å². The lowest BCUT2D eigenvalue weighted by molar-refractivity contribution is 0.0987. The molecule has 1 heterocycles. The first-order valence-electron chi connectivity index (χ1n) is 10.0. The van der Waals surface area contributed by atoms with Crippen molar-refractivity contribution in [2.45, 2.75) is 59.6 Å². The summed E-state index contributed by atoms with van der Waals surface area (Å²) in [5, 5.41) is 10.2. The van der Waals surface area contributed by atoms with E-state index in [2.05, 4.69) is 23.1 Å². The second kappa shape index (κ2) is 12.6. The lowest BCUT2D eigenvalue weighted by atomic mass is 9.99. The molecule has 27 heavy (non-hydrogen) atoms. The highest BCUT2D eigenvalue weighted by molar-refractivity contribution is 5.29. The predicted octanol–water partition coefficient (Wildman–Crippen LogP) is 5.37. The van der Waals surface area contributed by atoms with Gasteiger partial charge in [0.1, 0.15) is 11.6 Å². The van der Waals surface area contributed by atoms with Gasteiger partial charge in [0, 0.05) is 19.6 Å². The third-order valence-corrected chi connectivity index (χ3v) is 4.43. The van der Waals surface area contributed by atoms with Gasteiger partial charge in [0.15, 0.2) is 0 Å². The lowest BCUT2D eigenvalue weighted by Gasteiger charge is -2.30. The van der Waals surface area contributed by atoms with Gasteiger partial charge in [0.05, 0.1) is 6.10 Å². The van der Waals surface area contributed by atoms with Crippen LogP contribution in [0.25, 0.3) is 0 Å². The van der Waals surface area contributed by atoms with Crippen LogP contribution < -0.4 is 0 Å². The van der Waals surface area contributed by atoms with Gasteiger partial charge in [0.25, 0.3) is 0 Å². The normalized spacial score (nSPS) is 14.2. The summed E-state index contributed by atoms with van der Waals surface area (Å²) in [6, 6.07) is 11.8. The van der Waals surface area contributed by atoms with Crippen LogP contribution in [-0.4, -0.2) is 29.2 Å². The van der Waals surface area contributed by atoms with E-state index >= 15 is 0 Å². The van der Waals surface area contributed by atoms with Crippen molar-refractivity contribution < 1.29 is 13.9 Å². The fourth-order valence-electron chi connectivity index (χ4n) is 3.16. The smallest absolute Gasteiger partial charge is 0.126 e. The Kier molecular flexibility index (Phi) is 10.8. The van der Waals surface area contributed by atoms with Gasteiger partial charge in [-0.1, -0.05) is 52.0 Å². The standard InChI is InChI=1S/C19H21F2NO.2C2H6/c20-17-6-8-19(21)15(11-17)5-7-18(23)13-22-10-9-14-3-1-2-4-16(14)12-22;2*1-2/h1-4,6,8,11,18,23H,5,7,9-10,12-13H2;2*1-2H3. The van der Waals surface area contributed by atoms with Gasteiger partial charge in [-0.15, -0.1) is 0 Å². The maximum atomic E-state index is 13.6. The molecule has 1 aliphatic heterocycles. The molecule has 2 aromatic rings. The van der Waals surface area contributed by atoms with Crippen molar-refractivity contribution in [2.24, 2.45) is 0 Å². The molecular weight excluding hydrogens is 344 g/mol. The van der Waals surface area contributed by atoms with E-state index in [1.165, 1.54) is 17.2 Å². The molecule has 1 atom stereocenters. The van der Waals surface area contributed by atoms with Crippen molar-refractivity contribution in [3.8, 4) is 0 Å². The minimum atomic E-state index is -0.539. The van der Waals surface area contributed by atoms with E-state index in [1.807, 2.05) is 33.8 Å². The van der Waals surface area contributed by atoms with E-state index in [0.29, 0.717) is 24.9 Å². The Balaban J connectivity index is 0.000000855. The number of rotatable bonds is 5. The summed E-state index contributed by atoms with van der Waals surface area (Å²) in [6.07, 6.45) is 1.22. The first-order chi connectivity index (χ1) is 13.1. The molecule has 1 aliphatic rings. The van der Waals surface area contributed by atoms with E-state index in [4.69, 9.17) is 0 Å². The largest absolute Gasteiger partial charge is 0.392 e. The average Bonchev–Trinajstić information content (AvgIpc) is 2.71. The van der Waals surface area contributed by atoms with E-state index < -0.39 is 17.7 Å². The Morgan fingerprint density at radius 1 is 1.00 bits per heavy atom. The maximum absolute atomic E-state index is 13.6. The highest BCUT2D eigenvalue weighted by Crippen LogP contribution is 2.19. The van der Waals surface area contributed by atoms with Crippen LogP contribution in [0.3, 0.4) is 0 Å². The van der Waals surface area contributed by atoms with Crippen LogP contribution in [0.1, 0.15) is 50.8 Å². The van der Waals surface area contributed by atoms with Crippen LogP contribution in [0.5, 0.6) is 0 Å². The Hall–Kier alpha value is -1.78. The second-order valence-electron chi connectivity index (χ2n) is 6.18. The number of hydrogen-bond acceptors (Lipinski definition) is 2. The maximum Gasteiger partial charge on any atom is 0.126 e. The molecule has 0 saturated heterocycles. The summed E-state index contributed by atoms with van der Waals surface area (Å²) in [5.41, 5.74) is 3.01. The second-order valence-corrected chi connectivity index (χ2v) is 6.18. The van der Waals surface area contributed by atoms with E-state index in [1.54, 1.807) is 0 Å². The molecule has 0 radical (unpaired) electrons. The van der Waals surface area contributed by atoms with Crippen molar-refractivity contribution in [1.82, 2.24) is 4.90 Å². The quantitative estimate of drug-likeness (QED) is 0.757. The van der Waals surface area contributed by atoms with E-state index in [0.717, 1.165) is 31.6 Å². The topological polar surface area (TPSA) is 23.5 Å². The van der Waals surface area contributed by atoms with Crippen molar-refractivity contribution in [3.63, 3.8) is 0 Å². The number of hydrogen-bond donors (Lipinski definition) is 1. The number of benzene rings is 2. The summed E-state index contributed by atoms with van der Waals surface area (Å²) in [4.78, 5) is 2.22. The van der Waals surface area contributed by atoms with Crippen LogP contribution in [0, 0.1) is 11.6 Å². The van der Waals surface area contributed by atoms with Crippen molar-refractivity contribution >= 4 is 0 Å². The number of aryl methyl sites for hydroxylation is 1. The number of fused-ring (bicyclic) bond motifs is 1. The Labute approximate surface area is 162 Å². The Morgan fingerprint density at radius 3 is 2.37 bits per heavy atom. The number of halogens is 2. The van der Waals surface area contributed by atoms with Crippen LogP contribution in [0.4, 0.5) is 8.78 Å². The third kappa shape index (κ3) is 7.39. The van der Waals surface area contributed by atoms with Gasteiger partial charge in [-0.3, -0.25) is 4.90 Å². The van der Waals surface area contributed by atoms with Crippen molar-refractivity contribution in [3.05, 3.63) is 70.8 Å². The molecule has 2 nitrogen and oxygen atoms in total. The van der Waals surface area contributed by atoms with Crippen LogP contribution >= 0.6 is 0 Å². The number of β-amino-alcohol motifs (C(OH)–C–C–N with tert-alkyl or cyclic N) is 1. The highest BCUT2D eigenvalue weighted by Gasteiger charge is 2.18. The average molecular weight is 378 g/mol. The number of nitrogens with zero attached hydrogens (tertiary/aromatic N) is 1. The molecule has 0 bridgehead atoms. The van der Waals surface area contributed by atoms with Gasteiger partial charge in [-0.25, -0.2) is 8.78 Å². The molecule has 0 spiro atoms. The van der Waals surface area contributed by atoms with Gasteiger partial charge >= 0.3 is 0 Å². The first kappa shape index (κ1) is 23.3. The SMILES string of the molecule is CC.CC.OC(CCc1cc(F)ccc1F)CN1CCc2ccccc2C1. The van der Waals surface area contributed by atoms with Crippen molar-refractivity contribution in [1.29, 1.82) is 0 Å². The lowest BCUT2D eigenvalue weighted by Crippen LogP contribution is -2.36. The molecule has 0 aromatic heterocycles. The third-order valence-electron chi connectivity index (χ3n) is 4.43. The van der Waals surface area contributed by atoms with E-state index in [9.17, 15) is 13.9 Å². The monoisotopic (exact) mass is 377 g/mol. The minimum Gasteiger partial charge on any atom is -0.392 e. The highest BCUT2D eigenvalue weighted by atomic mass is 19.1. The molecular formula is C23H33F2NO. The zero-order chi connectivity index (χ0) is 20.2. The molecule has 4 heteroatoms. The van der Waals surface area contributed by atoms with Gasteiger partial charge in [0.2, 0.25) is 0 Å². The fraction of sp³-hybridized carbons (Fsp3) is 0.478. The molecule has 3 rings (SSSR count). The first-order valence-corrected chi connectivity index (χ1v) is 10.0. The Morgan fingerprint density at radius 2 is 1.67 bits per heavy atom. The molecule has 0 saturated carbocycles. The summed E-state index contributed by atoms with van der Waals surface area (Å²) in [6.45, 7) is 10.3. The van der Waals surface area contributed by atoms with Crippen LogP contribution in [0.15, 0.2) is 42.5 Å². The zero-order valence-corrected chi connectivity index (χ0v) is 17.0. The molecule has 1 N–H and O–H groups in total.